The van der Waals surface area contributed by atoms with Crippen molar-refractivity contribution in [3.63, 3.8) is 0 Å². The highest BCUT2D eigenvalue weighted by molar-refractivity contribution is 9.10. The van der Waals surface area contributed by atoms with Crippen LogP contribution in [0.5, 0.6) is 0 Å². The smallest absolute Gasteiger partial charge is 0.266 e. The Morgan fingerprint density at radius 3 is 2.90 bits per heavy atom. The molecule has 1 aliphatic rings. The first-order valence-electron chi connectivity index (χ1n) is 7.40. The number of unbranched alkanes of at least 4 members (excludes halogenated alkanes) is 1. The van der Waals surface area contributed by atoms with E-state index in [0.29, 0.717) is 16.6 Å². The lowest BCUT2D eigenvalue weighted by Crippen LogP contribution is -2.33. The van der Waals surface area contributed by atoms with Crippen LogP contribution in [0.4, 0.5) is 5.69 Å². The van der Waals surface area contributed by atoms with Gasteiger partial charge in [0, 0.05) is 27.1 Å². The van der Waals surface area contributed by atoms with E-state index in [2.05, 4.69) is 22.9 Å². The molecule has 3 nitrogen and oxygen atoms in total. The van der Waals surface area contributed by atoms with Gasteiger partial charge in [-0.2, -0.15) is 0 Å². The van der Waals surface area contributed by atoms with Crippen LogP contribution < -0.4 is 5.73 Å². The molecule has 0 radical (unpaired) electrons. The van der Waals surface area contributed by atoms with Gasteiger partial charge in [-0.1, -0.05) is 35.3 Å². The second kappa shape index (κ2) is 5.97. The van der Waals surface area contributed by atoms with Gasteiger partial charge in [-0.05, 0) is 31.4 Å². The second-order valence-electron chi connectivity index (χ2n) is 5.57. The lowest BCUT2D eigenvalue weighted by Gasteiger charge is -2.21. The topological polar surface area (TPSA) is 46.3 Å². The molecule has 1 fully saturated rings. The molecule has 1 aromatic carbocycles. The molecule has 1 aromatic heterocycles. The molecule has 21 heavy (non-hydrogen) atoms. The zero-order chi connectivity index (χ0) is 15.0. The van der Waals surface area contributed by atoms with Crippen LogP contribution in [-0.2, 0) is 0 Å². The number of thiophene rings is 1. The highest BCUT2D eigenvalue weighted by Crippen LogP contribution is 2.38. The molecule has 1 aliphatic carbocycles. The molecular formula is C16H19BrN2OS. The van der Waals surface area contributed by atoms with Crippen molar-refractivity contribution in [2.75, 3.05) is 12.3 Å². The highest BCUT2D eigenvalue weighted by Gasteiger charge is 2.34. The Bertz CT molecular complexity index is 678. The molecule has 0 spiro atoms. The number of halogens is 1. The second-order valence-corrected chi connectivity index (χ2v) is 7.54. The van der Waals surface area contributed by atoms with Gasteiger partial charge in [0.15, 0.2) is 0 Å². The Labute approximate surface area is 137 Å². The van der Waals surface area contributed by atoms with Gasteiger partial charge in [-0.15, -0.1) is 11.3 Å². The molecule has 3 rings (SSSR count). The van der Waals surface area contributed by atoms with Gasteiger partial charge in [-0.3, -0.25) is 4.79 Å². The van der Waals surface area contributed by atoms with E-state index in [1.807, 2.05) is 23.1 Å². The van der Waals surface area contributed by atoms with Crippen molar-refractivity contribution in [3.05, 3.63) is 27.5 Å². The molecule has 1 amide bonds. The van der Waals surface area contributed by atoms with Gasteiger partial charge in [0.05, 0.1) is 5.69 Å². The number of nitrogens with two attached hydrogens (primary N) is 1. The Kier molecular flexibility index (Phi) is 4.22. The zero-order valence-corrected chi connectivity index (χ0v) is 14.5. The monoisotopic (exact) mass is 366 g/mol. The summed E-state index contributed by atoms with van der Waals surface area (Å²) in [6.45, 7) is 3.00. The third-order valence-corrected chi connectivity index (χ3v) is 5.54. The first-order chi connectivity index (χ1) is 10.1. The van der Waals surface area contributed by atoms with E-state index in [4.69, 9.17) is 5.73 Å². The zero-order valence-electron chi connectivity index (χ0n) is 12.1. The summed E-state index contributed by atoms with van der Waals surface area (Å²) in [4.78, 5) is 15.6. The lowest BCUT2D eigenvalue weighted by atomic mass is 10.2. The summed E-state index contributed by atoms with van der Waals surface area (Å²) >= 11 is 4.98. The normalized spacial score (nSPS) is 14.6. The number of rotatable bonds is 5. The number of hydrogen-bond donors (Lipinski definition) is 1. The van der Waals surface area contributed by atoms with Crippen molar-refractivity contribution < 1.29 is 4.79 Å². The van der Waals surface area contributed by atoms with Crippen LogP contribution in [0.3, 0.4) is 0 Å². The molecule has 5 heteroatoms. The summed E-state index contributed by atoms with van der Waals surface area (Å²) in [7, 11) is 0. The molecule has 0 aliphatic heterocycles. The average Bonchev–Trinajstić information content (AvgIpc) is 3.24. The maximum atomic E-state index is 12.9. The number of carbonyl (C=O) groups is 1. The van der Waals surface area contributed by atoms with Crippen molar-refractivity contribution in [2.45, 2.75) is 38.6 Å². The molecule has 112 valence electrons. The molecule has 0 bridgehead atoms. The molecule has 2 N–H and O–H groups in total. The van der Waals surface area contributed by atoms with E-state index < -0.39 is 0 Å². The van der Waals surface area contributed by atoms with Crippen LogP contribution in [-0.4, -0.2) is 23.4 Å². The third-order valence-electron chi connectivity index (χ3n) is 3.89. The van der Waals surface area contributed by atoms with Crippen LogP contribution in [0.1, 0.15) is 42.3 Å². The van der Waals surface area contributed by atoms with Gasteiger partial charge in [0.2, 0.25) is 0 Å². The maximum Gasteiger partial charge on any atom is 0.266 e. The van der Waals surface area contributed by atoms with Crippen molar-refractivity contribution in [3.8, 4) is 0 Å². The number of benzene rings is 1. The Balaban J connectivity index is 1.94. The van der Waals surface area contributed by atoms with Gasteiger partial charge in [0.1, 0.15) is 4.88 Å². The fourth-order valence-electron chi connectivity index (χ4n) is 2.54. The largest absolute Gasteiger partial charge is 0.397 e. The van der Waals surface area contributed by atoms with Crippen LogP contribution in [0, 0.1) is 0 Å². The predicted molar refractivity (Wildman–Crippen MR) is 92.9 cm³/mol. The summed E-state index contributed by atoms with van der Waals surface area (Å²) in [5.41, 5.74) is 6.86. The first kappa shape index (κ1) is 14.9. The van der Waals surface area contributed by atoms with Crippen molar-refractivity contribution in [1.82, 2.24) is 4.90 Å². The van der Waals surface area contributed by atoms with E-state index in [1.54, 1.807) is 0 Å². The summed E-state index contributed by atoms with van der Waals surface area (Å²) < 4.78 is 2.08. The first-order valence-corrected chi connectivity index (χ1v) is 9.01. The Morgan fingerprint density at radius 1 is 1.48 bits per heavy atom. The minimum Gasteiger partial charge on any atom is -0.397 e. The third kappa shape index (κ3) is 2.94. The lowest BCUT2D eigenvalue weighted by molar-refractivity contribution is 0.0746. The number of amides is 1. The summed E-state index contributed by atoms with van der Waals surface area (Å²) in [5.74, 6) is 0.112. The number of fused-ring (bicyclic) bond motifs is 1. The number of nitrogen functional groups attached to an aromatic ring is 1. The van der Waals surface area contributed by atoms with Crippen molar-refractivity contribution >= 4 is 48.9 Å². The molecule has 0 unspecified atom stereocenters. The average molecular weight is 367 g/mol. The van der Waals surface area contributed by atoms with Crippen LogP contribution in [0.15, 0.2) is 22.7 Å². The summed E-state index contributed by atoms with van der Waals surface area (Å²) in [6, 6.07) is 6.41. The molecular weight excluding hydrogens is 348 g/mol. The van der Waals surface area contributed by atoms with Crippen LogP contribution in [0.2, 0.25) is 0 Å². The molecule has 1 heterocycles. The van der Waals surface area contributed by atoms with Gasteiger partial charge < -0.3 is 10.6 Å². The molecule has 0 saturated heterocycles. The molecule has 2 aromatic rings. The molecule has 0 atom stereocenters. The van der Waals surface area contributed by atoms with E-state index in [9.17, 15) is 4.79 Å². The Hall–Kier alpha value is -1.07. The SMILES string of the molecule is CCCCN(C(=O)c1sc2cc(Br)ccc2c1N)C1CC1. The maximum absolute atomic E-state index is 12.9. The van der Waals surface area contributed by atoms with E-state index >= 15 is 0 Å². The van der Waals surface area contributed by atoms with Crippen LogP contribution in [0.25, 0.3) is 10.1 Å². The predicted octanol–water partition coefficient (Wildman–Crippen LogP) is 4.65. The van der Waals surface area contributed by atoms with Crippen molar-refractivity contribution in [2.24, 2.45) is 0 Å². The van der Waals surface area contributed by atoms with E-state index in [0.717, 1.165) is 46.8 Å². The quantitative estimate of drug-likeness (QED) is 0.836. The van der Waals surface area contributed by atoms with E-state index in [1.165, 1.54) is 11.3 Å². The minimum atomic E-state index is 0.112. The number of nitrogens with zero attached hydrogens (tertiary/aromatic N) is 1. The fraction of sp³-hybridized carbons (Fsp3) is 0.438. The molecule has 1 saturated carbocycles. The highest BCUT2D eigenvalue weighted by atomic mass is 79.9. The van der Waals surface area contributed by atoms with E-state index in [-0.39, 0.29) is 5.91 Å². The number of carbonyl (C=O) groups excluding carboxylic acids is 1. The van der Waals surface area contributed by atoms with Gasteiger partial charge >= 0.3 is 0 Å². The van der Waals surface area contributed by atoms with Gasteiger partial charge in [0.25, 0.3) is 5.91 Å². The standard InChI is InChI=1S/C16H19BrN2OS/c1-2-3-8-19(11-5-6-11)16(20)15-14(18)12-7-4-10(17)9-13(12)21-15/h4,7,9,11H,2-3,5-6,8,18H2,1H3. The summed E-state index contributed by atoms with van der Waals surface area (Å²) in [5, 5.41) is 0.984. The Morgan fingerprint density at radius 2 is 2.24 bits per heavy atom. The van der Waals surface area contributed by atoms with Gasteiger partial charge in [-0.25, -0.2) is 0 Å². The number of hydrogen-bond acceptors (Lipinski definition) is 3. The fourth-order valence-corrected chi connectivity index (χ4v) is 4.18. The summed E-state index contributed by atoms with van der Waals surface area (Å²) in [6.07, 6.45) is 4.42. The van der Waals surface area contributed by atoms with Crippen molar-refractivity contribution in [1.29, 1.82) is 0 Å². The van der Waals surface area contributed by atoms with Crippen LogP contribution >= 0.6 is 27.3 Å². The number of anilines is 1. The minimum absolute atomic E-state index is 0.112.